The highest BCUT2D eigenvalue weighted by Crippen LogP contribution is 2.26. The molecular weight excluding hydrogens is 230 g/mol. The van der Waals surface area contributed by atoms with Gasteiger partial charge in [-0.2, -0.15) is 0 Å². The van der Waals surface area contributed by atoms with Gasteiger partial charge in [-0.05, 0) is 17.7 Å². The molecule has 0 unspecified atom stereocenters. The van der Waals surface area contributed by atoms with Crippen LogP contribution in [-0.4, -0.2) is 17.6 Å². The Hall–Kier alpha value is -2.04. The van der Waals surface area contributed by atoms with Crippen LogP contribution in [0, 0.1) is 6.92 Å². The van der Waals surface area contributed by atoms with E-state index in [1.807, 2.05) is 39.0 Å². The molecule has 2 rings (SSSR count). The number of fused-ring (bicyclic) bond motifs is 1. The minimum atomic E-state index is -0.513. The van der Waals surface area contributed by atoms with Gasteiger partial charge in [0.1, 0.15) is 5.52 Å². The predicted octanol–water partition coefficient (Wildman–Crippen LogP) is 2.08. The minimum Gasteiger partial charge on any atom is -0.441 e. The zero-order chi connectivity index (χ0) is 13.3. The molecule has 0 fully saturated rings. The van der Waals surface area contributed by atoms with Crippen LogP contribution in [0.2, 0.25) is 0 Å². The summed E-state index contributed by atoms with van der Waals surface area (Å²) in [5, 5.41) is 2.63. The van der Waals surface area contributed by atoms with E-state index in [-0.39, 0.29) is 5.41 Å². The Labute approximate surface area is 105 Å². The summed E-state index contributed by atoms with van der Waals surface area (Å²) in [6.07, 6.45) is 0. The number of primary amides is 1. The molecule has 18 heavy (non-hydrogen) atoms. The lowest BCUT2D eigenvalue weighted by atomic mass is 9.84. The number of rotatable bonds is 3. The van der Waals surface area contributed by atoms with E-state index < -0.39 is 6.03 Å². The molecule has 0 bridgehead atoms. The van der Waals surface area contributed by atoms with E-state index in [1.54, 1.807) is 0 Å². The van der Waals surface area contributed by atoms with Crippen LogP contribution in [0.5, 0.6) is 0 Å². The van der Waals surface area contributed by atoms with Crippen LogP contribution in [0.1, 0.15) is 25.3 Å². The van der Waals surface area contributed by atoms with E-state index in [0.717, 1.165) is 16.7 Å². The van der Waals surface area contributed by atoms with Gasteiger partial charge in [0.05, 0.1) is 0 Å². The number of hydrogen-bond acceptors (Lipinski definition) is 3. The average Bonchev–Trinajstić information content (AvgIpc) is 2.65. The highest BCUT2D eigenvalue weighted by atomic mass is 16.3. The molecule has 1 aromatic heterocycles. The van der Waals surface area contributed by atoms with Crippen LogP contribution < -0.4 is 11.1 Å². The number of oxazole rings is 1. The van der Waals surface area contributed by atoms with Gasteiger partial charge in [0, 0.05) is 18.9 Å². The van der Waals surface area contributed by atoms with Crippen molar-refractivity contribution in [3.8, 4) is 0 Å². The van der Waals surface area contributed by atoms with Gasteiger partial charge in [0.2, 0.25) is 0 Å². The molecule has 5 nitrogen and oxygen atoms in total. The quantitative estimate of drug-likeness (QED) is 0.871. The average molecular weight is 247 g/mol. The van der Waals surface area contributed by atoms with E-state index in [4.69, 9.17) is 10.2 Å². The number of benzene rings is 1. The van der Waals surface area contributed by atoms with Crippen LogP contribution in [-0.2, 0) is 5.41 Å². The Bertz CT molecular complexity index is 587. The highest BCUT2D eigenvalue weighted by molar-refractivity contribution is 5.74. The molecular formula is C13H17N3O2. The van der Waals surface area contributed by atoms with Crippen LogP contribution in [0.4, 0.5) is 4.79 Å². The van der Waals surface area contributed by atoms with Crippen molar-refractivity contribution in [2.24, 2.45) is 5.73 Å². The third kappa shape index (κ3) is 2.45. The third-order valence-electron chi connectivity index (χ3n) is 2.98. The van der Waals surface area contributed by atoms with Crippen molar-refractivity contribution in [1.29, 1.82) is 0 Å². The number of nitrogens with two attached hydrogens (primary N) is 1. The first-order chi connectivity index (χ1) is 8.38. The predicted molar refractivity (Wildman–Crippen MR) is 69.4 cm³/mol. The summed E-state index contributed by atoms with van der Waals surface area (Å²) in [4.78, 5) is 15.1. The van der Waals surface area contributed by atoms with Crippen molar-refractivity contribution in [3.05, 3.63) is 29.7 Å². The summed E-state index contributed by atoms with van der Waals surface area (Å²) in [6, 6.07) is 5.35. The van der Waals surface area contributed by atoms with Crippen molar-refractivity contribution in [3.63, 3.8) is 0 Å². The van der Waals surface area contributed by atoms with Crippen LogP contribution in [0.15, 0.2) is 22.6 Å². The molecule has 0 aliphatic rings. The molecule has 96 valence electrons. The van der Waals surface area contributed by atoms with Gasteiger partial charge < -0.3 is 15.5 Å². The summed E-state index contributed by atoms with van der Waals surface area (Å²) in [6.45, 7) is 6.37. The second kappa shape index (κ2) is 4.33. The number of nitrogens with one attached hydrogen (secondary N) is 1. The van der Waals surface area contributed by atoms with E-state index >= 15 is 0 Å². The van der Waals surface area contributed by atoms with Crippen molar-refractivity contribution < 1.29 is 9.21 Å². The largest absolute Gasteiger partial charge is 0.441 e. The summed E-state index contributed by atoms with van der Waals surface area (Å²) < 4.78 is 5.43. The normalized spacial score (nSPS) is 11.7. The second-order valence-corrected chi connectivity index (χ2v) is 5.02. The number of aromatic nitrogens is 1. The maximum atomic E-state index is 10.8. The molecule has 0 aliphatic carbocycles. The van der Waals surface area contributed by atoms with Gasteiger partial charge in [0.15, 0.2) is 11.5 Å². The number of urea groups is 1. The topological polar surface area (TPSA) is 81.1 Å². The molecule has 0 radical (unpaired) electrons. The third-order valence-corrected chi connectivity index (χ3v) is 2.98. The summed E-state index contributed by atoms with van der Waals surface area (Å²) in [5.74, 6) is 0.648. The van der Waals surface area contributed by atoms with Gasteiger partial charge >= 0.3 is 6.03 Å². The zero-order valence-electron chi connectivity index (χ0n) is 10.8. The first kappa shape index (κ1) is 12.4. The van der Waals surface area contributed by atoms with Gasteiger partial charge in [-0.1, -0.05) is 19.9 Å². The lowest BCUT2D eigenvalue weighted by molar-refractivity contribution is 0.246. The van der Waals surface area contributed by atoms with Gasteiger partial charge in [-0.15, -0.1) is 0 Å². The molecule has 0 saturated heterocycles. The Morgan fingerprint density at radius 2 is 2.22 bits per heavy atom. The van der Waals surface area contributed by atoms with Crippen molar-refractivity contribution >= 4 is 17.1 Å². The Balaban J connectivity index is 2.31. The Kier molecular flexibility index (Phi) is 2.98. The highest BCUT2D eigenvalue weighted by Gasteiger charge is 2.22. The lowest BCUT2D eigenvalue weighted by Crippen LogP contribution is -2.39. The summed E-state index contributed by atoms with van der Waals surface area (Å²) >= 11 is 0. The van der Waals surface area contributed by atoms with E-state index in [9.17, 15) is 4.79 Å². The molecule has 1 heterocycles. The second-order valence-electron chi connectivity index (χ2n) is 5.02. The monoisotopic (exact) mass is 247 g/mol. The maximum Gasteiger partial charge on any atom is 0.312 e. The molecule has 0 saturated carbocycles. The van der Waals surface area contributed by atoms with Crippen molar-refractivity contribution in [1.82, 2.24) is 10.3 Å². The smallest absolute Gasteiger partial charge is 0.312 e. The van der Waals surface area contributed by atoms with Gasteiger partial charge in [-0.3, -0.25) is 0 Å². The number of carbonyl (C=O) groups excluding carboxylic acids is 1. The number of nitrogens with zero attached hydrogens (tertiary/aromatic N) is 1. The van der Waals surface area contributed by atoms with Crippen molar-refractivity contribution in [2.45, 2.75) is 26.2 Å². The molecule has 0 spiro atoms. The number of aryl methyl sites for hydroxylation is 1. The van der Waals surface area contributed by atoms with Crippen LogP contribution in [0.25, 0.3) is 11.1 Å². The molecule has 0 aliphatic heterocycles. The Morgan fingerprint density at radius 3 is 2.89 bits per heavy atom. The Morgan fingerprint density at radius 1 is 1.50 bits per heavy atom. The van der Waals surface area contributed by atoms with Gasteiger partial charge in [0.25, 0.3) is 0 Å². The summed E-state index contributed by atoms with van der Waals surface area (Å²) in [5.41, 5.74) is 7.57. The first-order valence-electron chi connectivity index (χ1n) is 5.79. The van der Waals surface area contributed by atoms with E-state index in [0.29, 0.717) is 12.4 Å². The number of amides is 2. The van der Waals surface area contributed by atoms with Crippen LogP contribution >= 0.6 is 0 Å². The SMILES string of the molecule is Cc1nc2cc(C(C)(C)CNC(N)=O)ccc2o1. The standard InChI is InChI=1S/C13H17N3O2/c1-8-16-10-6-9(4-5-11(10)18-8)13(2,3)7-15-12(14)17/h4-6H,7H2,1-3H3,(H3,14,15,17). The first-order valence-corrected chi connectivity index (χ1v) is 5.79. The molecule has 1 aromatic carbocycles. The maximum absolute atomic E-state index is 10.8. The number of carbonyl (C=O) groups is 1. The van der Waals surface area contributed by atoms with E-state index in [2.05, 4.69) is 10.3 Å². The molecule has 0 atom stereocenters. The molecule has 3 N–H and O–H groups in total. The molecule has 5 heteroatoms. The molecule has 2 amide bonds. The summed E-state index contributed by atoms with van der Waals surface area (Å²) in [7, 11) is 0. The lowest BCUT2D eigenvalue weighted by Gasteiger charge is -2.25. The van der Waals surface area contributed by atoms with Crippen molar-refractivity contribution in [2.75, 3.05) is 6.54 Å². The fraction of sp³-hybridized carbons (Fsp3) is 0.385. The fourth-order valence-corrected chi connectivity index (χ4v) is 1.87. The zero-order valence-corrected chi connectivity index (χ0v) is 10.8. The molecule has 2 aromatic rings. The number of hydrogen-bond donors (Lipinski definition) is 2. The van der Waals surface area contributed by atoms with Crippen LogP contribution in [0.3, 0.4) is 0 Å². The fourth-order valence-electron chi connectivity index (χ4n) is 1.87. The van der Waals surface area contributed by atoms with E-state index in [1.165, 1.54) is 0 Å². The van der Waals surface area contributed by atoms with Gasteiger partial charge in [-0.25, -0.2) is 9.78 Å². The minimum absolute atomic E-state index is 0.212.